The molecule has 90 valence electrons. The molecule has 0 amide bonds. The molecule has 4 nitrogen and oxygen atoms in total. The molecule has 0 heterocycles. The zero-order valence-electron chi connectivity index (χ0n) is 9.69. The summed E-state index contributed by atoms with van der Waals surface area (Å²) >= 11 is 0. The van der Waals surface area contributed by atoms with E-state index in [9.17, 15) is 0 Å². The molecule has 0 spiro atoms. The van der Waals surface area contributed by atoms with Gasteiger partial charge in [0.15, 0.2) is 0 Å². The van der Waals surface area contributed by atoms with Crippen molar-refractivity contribution in [1.82, 2.24) is 4.90 Å². The summed E-state index contributed by atoms with van der Waals surface area (Å²) in [5, 5.41) is 17.8. The molecule has 0 saturated heterocycles. The first-order valence-corrected chi connectivity index (χ1v) is 5.47. The zero-order valence-corrected chi connectivity index (χ0v) is 9.69. The molecule has 1 aromatic rings. The van der Waals surface area contributed by atoms with Crippen LogP contribution < -0.4 is 5.73 Å². The molecule has 0 atom stereocenters. The molecule has 1 aromatic carbocycles. The van der Waals surface area contributed by atoms with Crippen molar-refractivity contribution in [1.29, 1.82) is 0 Å². The molecule has 16 heavy (non-hydrogen) atoms. The van der Waals surface area contributed by atoms with Gasteiger partial charge in [0.1, 0.15) is 0 Å². The van der Waals surface area contributed by atoms with E-state index in [4.69, 9.17) is 15.9 Å². The topological polar surface area (TPSA) is 69.7 Å². The maximum atomic E-state index is 8.92. The van der Waals surface area contributed by atoms with Crippen molar-refractivity contribution >= 4 is 5.69 Å². The van der Waals surface area contributed by atoms with E-state index in [1.54, 1.807) is 0 Å². The Balaban J connectivity index is 2.72. The first-order chi connectivity index (χ1) is 7.69. The Morgan fingerprint density at radius 2 is 1.81 bits per heavy atom. The summed E-state index contributed by atoms with van der Waals surface area (Å²) in [5.41, 5.74) is 8.82. The highest BCUT2D eigenvalue weighted by atomic mass is 16.3. The summed E-state index contributed by atoms with van der Waals surface area (Å²) in [4.78, 5) is 2.00. The number of nitrogen functional groups attached to an aromatic ring is 1. The fraction of sp³-hybridized carbons (Fsp3) is 0.500. The molecule has 4 N–H and O–H groups in total. The van der Waals surface area contributed by atoms with Crippen LogP contribution in [0.1, 0.15) is 11.1 Å². The van der Waals surface area contributed by atoms with Gasteiger partial charge in [-0.25, -0.2) is 0 Å². The van der Waals surface area contributed by atoms with Crippen molar-refractivity contribution in [3.05, 3.63) is 29.3 Å². The number of hydrogen-bond acceptors (Lipinski definition) is 4. The van der Waals surface area contributed by atoms with E-state index in [0.717, 1.165) is 16.8 Å². The van der Waals surface area contributed by atoms with Crippen molar-refractivity contribution in [3.8, 4) is 0 Å². The van der Waals surface area contributed by atoms with Gasteiger partial charge in [-0.15, -0.1) is 0 Å². The highest BCUT2D eigenvalue weighted by Crippen LogP contribution is 2.17. The number of hydrogen-bond donors (Lipinski definition) is 3. The standard InChI is InChI=1S/C12H20N2O2/c1-10-11(3-2-4-12(10)13)9-14(5-7-15)6-8-16/h2-4,15-16H,5-9,13H2,1H3. The number of rotatable bonds is 6. The van der Waals surface area contributed by atoms with E-state index < -0.39 is 0 Å². The smallest absolute Gasteiger partial charge is 0.0558 e. The third-order valence-corrected chi connectivity index (χ3v) is 2.71. The molecule has 0 aliphatic heterocycles. The predicted octanol–water partition coefficient (Wildman–Crippen LogP) is 0.364. The Kier molecular flexibility index (Phi) is 5.25. The maximum absolute atomic E-state index is 8.92. The van der Waals surface area contributed by atoms with Crippen LogP contribution in [0.4, 0.5) is 5.69 Å². The van der Waals surface area contributed by atoms with E-state index in [1.807, 2.05) is 30.0 Å². The molecule has 0 fully saturated rings. The second-order valence-corrected chi connectivity index (χ2v) is 3.85. The van der Waals surface area contributed by atoms with Crippen LogP contribution >= 0.6 is 0 Å². The van der Waals surface area contributed by atoms with Gasteiger partial charge < -0.3 is 15.9 Å². The molecule has 0 aliphatic carbocycles. The summed E-state index contributed by atoms with van der Waals surface area (Å²) in [6.07, 6.45) is 0. The van der Waals surface area contributed by atoms with Crippen molar-refractivity contribution < 1.29 is 10.2 Å². The molecule has 0 aliphatic rings. The Labute approximate surface area is 96.3 Å². The molecular weight excluding hydrogens is 204 g/mol. The molecule has 1 rings (SSSR count). The van der Waals surface area contributed by atoms with Crippen molar-refractivity contribution in [3.63, 3.8) is 0 Å². The van der Waals surface area contributed by atoms with Crippen molar-refractivity contribution in [2.45, 2.75) is 13.5 Å². The minimum Gasteiger partial charge on any atom is -0.399 e. The van der Waals surface area contributed by atoms with Crippen LogP contribution in [0.2, 0.25) is 0 Å². The normalized spacial score (nSPS) is 11.0. The first kappa shape index (κ1) is 13.0. The molecule has 4 heteroatoms. The minimum absolute atomic E-state index is 0.0986. The lowest BCUT2D eigenvalue weighted by Gasteiger charge is -2.21. The van der Waals surface area contributed by atoms with Gasteiger partial charge in [-0.3, -0.25) is 4.90 Å². The summed E-state index contributed by atoms with van der Waals surface area (Å²) in [7, 11) is 0. The molecular formula is C12H20N2O2. The second kappa shape index (κ2) is 6.48. The fourth-order valence-corrected chi connectivity index (χ4v) is 1.67. The highest BCUT2D eigenvalue weighted by Gasteiger charge is 2.07. The number of aliphatic hydroxyl groups is 2. The van der Waals surface area contributed by atoms with Crippen LogP contribution in [0, 0.1) is 6.92 Å². The Morgan fingerprint density at radius 1 is 1.19 bits per heavy atom. The van der Waals surface area contributed by atoms with Crippen molar-refractivity contribution in [2.24, 2.45) is 0 Å². The Morgan fingerprint density at radius 3 is 2.38 bits per heavy atom. The molecule has 0 bridgehead atoms. The van der Waals surface area contributed by atoms with E-state index in [2.05, 4.69) is 0 Å². The highest BCUT2D eigenvalue weighted by molar-refractivity contribution is 5.49. The van der Waals surface area contributed by atoms with E-state index in [0.29, 0.717) is 19.6 Å². The number of nitrogens with two attached hydrogens (primary N) is 1. The van der Waals surface area contributed by atoms with Gasteiger partial charge in [0, 0.05) is 25.3 Å². The van der Waals surface area contributed by atoms with E-state index in [1.165, 1.54) is 0 Å². The fourth-order valence-electron chi connectivity index (χ4n) is 1.67. The van der Waals surface area contributed by atoms with E-state index in [-0.39, 0.29) is 13.2 Å². The lowest BCUT2D eigenvalue weighted by molar-refractivity contribution is 0.155. The van der Waals surface area contributed by atoms with Crippen LogP contribution in [0.25, 0.3) is 0 Å². The van der Waals surface area contributed by atoms with Gasteiger partial charge in [0.05, 0.1) is 13.2 Å². The monoisotopic (exact) mass is 224 g/mol. The van der Waals surface area contributed by atoms with Gasteiger partial charge in [0.2, 0.25) is 0 Å². The largest absolute Gasteiger partial charge is 0.399 e. The van der Waals surface area contributed by atoms with Gasteiger partial charge >= 0.3 is 0 Å². The minimum atomic E-state index is 0.0986. The lowest BCUT2D eigenvalue weighted by Crippen LogP contribution is -2.29. The molecule has 0 radical (unpaired) electrons. The number of aliphatic hydroxyl groups excluding tert-OH is 2. The summed E-state index contributed by atoms with van der Waals surface area (Å²) in [6.45, 7) is 4.02. The predicted molar refractivity (Wildman–Crippen MR) is 65.0 cm³/mol. The number of anilines is 1. The summed E-state index contributed by atoms with van der Waals surface area (Å²) < 4.78 is 0. The van der Waals surface area contributed by atoms with E-state index >= 15 is 0 Å². The van der Waals surface area contributed by atoms with Crippen LogP contribution in [0.5, 0.6) is 0 Å². The second-order valence-electron chi connectivity index (χ2n) is 3.85. The van der Waals surface area contributed by atoms with Crippen LogP contribution in [0.3, 0.4) is 0 Å². The van der Waals surface area contributed by atoms with Gasteiger partial charge in [-0.1, -0.05) is 12.1 Å². The first-order valence-electron chi connectivity index (χ1n) is 5.47. The number of nitrogens with zero attached hydrogens (tertiary/aromatic N) is 1. The lowest BCUT2D eigenvalue weighted by atomic mass is 10.1. The zero-order chi connectivity index (χ0) is 12.0. The quantitative estimate of drug-likeness (QED) is 0.610. The van der Waals surface area contributed by atoms with Crippen LogP contribution in [-0.2, 0) is 6.54 Å². The average Bonchev–Trinajstić information content (AvgIpc) is 2.25. The number of benzene rings is 1. The Hall–Kier alpha value is -1.10. The molecule has 0 unspecified atom stereocenters. The van der Waals surface area contributed by atoms with Crippen LogP contribution in [0.15, 0.2) is 18.2 Å². The van der Waals surface area contributed by atoms with Crippen LogP contribution in [-0.4, -0.2) is 41.4 Å². The van der Waals surface area contributed by atoms with Crippen molar-refractivity contribution in [2.75, 3.05) is 32.0 Å². The van der Waals surface area contributed by atoms with Gasteiger partial charge in [-0.05, 0) is 24.1 Å². The van der Waals surface area contributed by atoms with Gasteiger partial charge in [0.25, 0.3) is 0 Å². The summed E-state index contributed by atoms with van der Waals surface area (Å²) in [6, 6.07) is 5.82. The third kappa shape index (κ3) is 3.48. The molecule has 0 saturated carbocycles. The Bertz CT molecular complexity index is 323. The maximum Gasteiger partial charge on any atom is 0.0558 e. The van der Waals surface area contributed by atoms with Gasteiger partial charge in [-0.2, -0.15) is 0 Å². The summed E-state index contributed by atoms with van der Waals surface area (Å²) in [5.74, 6) is 0. The average molecular weight is 224 g/mol. The third-order valence-electron chi connectivity index (χ3n) is 2.71. The SMILES string of the molecule is Cc1c(N)cccc1CN(CCO)CCO. The molecule has 0 aromatic heterocycles.